The van der Waals surface area contributed by atoms with Crippen molar-refractivity contribution in [2.24, 2.45) is 0 Å². The Kier molecular flexibility index (Phi) is 5.62. The molecule has 21 heavy (non-hydrogen) atoms. The molecule has 1 fully saturated rings. The van der Waals surface area contributed by atoms with Crippen LogP contribution in [0.5, 0.6) is 0 Å². The first-order valence-electron chi connectivity index (χ1n) is 7.33. The summed E-state index contributed by atoms with van der Waals surface area (Å²) in [6, 6.07) is 0.0380. The predicted molar refractivity (Wildman–Crippen MR) is 84.7 cm³/mol. The molecule has 0 spiro atoms. The van der Waals surface area contributed by atoms with Crippen molar-refractivity contribution >= 4 is 11.6 Å². The number of rotatable bonds is 5. The number of halogens is 1. The average molecular weight is 316 g/mol. The SMILES string of the molecule is CN(C)CCn1ncc(Cl)c1C(O)C1CN(C)CCN1C. The van der Waals surface area contributed by atoms with E-state index in [4.69, 9.17) is 11.6 Å². The molecule has 2 heterocycles. The molecule has 1 saturated heterocycles. The summed E-state index contributed by atoms with van der Waals surface area (Å²) in [6.45, 7) is 4.37. The molecule has 0 aromatic carbocycles. The third-order valence-corrected chi connectivity index (χ3v) is 4.43. The number of nitrogens with zero attached hydrogens (tertiary/aromatic N) is 5. The summed E-state index contributed by atoms with van der Waals surface area (Å²) in [5.41, 5.74) is 0.727. The van der Waals surface area contributed by atoms with Gasteiger partial charge < -0.3 is 14.9 Å². The van der Waals surface area contributed by atoms with Gasteiger partial charge in [-0.05, 0) is 28.2 Å². The number of likely N-dealkylation sites (N-methyl/N-ethyl adjacent to an activating group) is 3. The Bertz CT molecular complexity index is 464. The number of aliphatic hydroxyl groups is 1. The van der Waals surface area contributed by atoms with E-state index in [1.807, 2.05) is 18.8 Å². The van der Waals surface area contributed by atoms with E-state index in [2.05, 4.69) is 33.9 Å². The fourth-order valence-corrected chi connectivity index (χ4v) is 2.96. The van der Waals surface area contributed by atoms with Crippen LogP contribution in [0.3, 0.4) is 0 Å². The van der Waals surface area contributed by atoms with E-state index in [9.17, 15) is 5.11 Å². The van der Waals surface area contributed by atoms with Gasteiger partial charge in [-0.25, -0.2) is 0 Å². The molecule has 0 amide bonds. The van der Waals surface area contributed by atoms with Crippen molar-refractivity contribution in [2.75, 3.05) is 54.4 Å². The van der Waals surface area contributed by atoms with Gasteiger partial charge in [0.2, 0.25) is 0 Å². The lowest BCUT2D eigenvalue weighted by Crippen LogP contribution is -2.52. The monoisotopic (exact) mass is 315 g/mol. The maximum Gasteiger partial charge on any atom is 0.114 e. The maximum absolute atomic E-state index is 10.8. The summed E-state index contributed by atoms with van der Waals surface area (Å²) >= 11 is 6.27. The first-order chi connectivity index (χ1) is 9.90. The van der Waals surface area contributed by atoms with Crippen molar-refractivity contribution in [3.8, 4) is 0 Å². The molecular weight excluding hydrogens is 290 g/mol. The van der Waals surface area contributed by atoms with E-state index in [0.717, 1.165) is 38.4 Å². The van der Waals surface area contributed by atoms with Gasteiger partial charge in [-0.15, -0.1) is 0 Å². The topological polar surface area (TPSA) is 47.8 Å². The molecule has 2 rings (SSSR count). The van der Waals surface area contributed by atoms with Gasteiger partial charge in [-0.1, -0.05) is 11.6 Å². The molecule has 1 aliphatic rings. The second kappa shape index (κ2) is 7.07. The standard InChI is InChI=1S/C14H26ClN5O/c1-17(2)5-8-20-13(11(15)9-16-20)14(21)12-10-18(3)6-7-19(12)4/h9,12,14,21H,5-8,10H2,1-4H3. The molecule has 6 nitrogen and oxygen atoms in total. The Labute approximate surface area is 131 Å². The molecule has 0 bridgehead atoms. The quantitative estimate of drug-likeness (QED) is 0.851. The number of hydrogen-bond acceptors (Lipinski definition) is 5. The van der Waals surface area contributed by atoms with Crippen LogP contribution < -0.4 is 0 Å². The third-order valence-electron chi connectivity index (χ3n) is 4.14. The maximum atomic E-state index is 10.8. The van der Waals surface area contributed by atoms with Gasteiger partial charge in [0.05, 0.1) is 29.5 Å². The summed E-state index contributed by atoms with van der Waals surface area (Å²) in [5, 5.41) is 15.7. The van der Waals surface area contributed by atoms with Crippen molar-refractivity contribution in [3.63, 3.8) is 0 Å². The minimum absolute atomic E-state index is 0.0380. The molecule has 0 aliphatic carbocycles. The van der Waals surface area contributed by atoms with Gasteiger partial charge in [-0.3, -0.25) is 9.58 Å². The average Bonchev–Trinajstić information content (AvgIpc) is 2.79. The van der Waals surface area contributed by atoms with Gasteiger partial charge in [0.25, 0.3) is 0 Å². The zero-order valence-corrected chi connectivity index (χ0v) is 14.1. The highest BCUT2D eigenvalue weighted by atomic mass is 35.5. The Balaban J connectivity index is 2.17. The fourth-order valence-electron chi connectivity index (χ4n) is 2.71. The van der Waals surface area contributed by atoms with Crippen molar-refractivity contribution in [3.05, 3.63) is 16.9 Å². The van der Waals surface area contributed by atoms with Crippen molar-refractivity contribution < 1.29 is 5.11 Å². The zero-order valence-electron chi connectivity index (χ0n) is 13.3. The molecule has 1 aliphatic heterocycles. The summed E-state index contributed by atoms with van der Waals surface area (Å²) in [5.74, 6) is 0. The van der Waals surface area contributed by atoms with Crippen LogP contribution >= 0.6 is 11.6 Å². The molecule has 1 N–H and O–H groups in total. The van der Waals surface area contributed by atoms with Gasteiger partial charge in [-0.2, -0.15) is 5.10 Å². The molecule has 120 valence electrons. The minimum Gasteiger partial charge on any atom is -0.385 e. The molecular formula is C14H26ClN5O. The van der Waals surface area contributed by atoms with Gasteiger partial charge in [0.15, 0.2) is 0 Å². The minimum atomic E-state index is -0.630. The third kappa shape index (κ3) is 3.96. The van der Waals surface area contributed by atoms with Crippen LogP contribution in [0, 0.1) is 0 Å². The Morgan fingerprint density at radius 1 is 1.43 bits per heavy atom. The van der Waals surface area contributed by atoms with Gasteiger partial charge in [0, 0.05) is 26.2 Å². The van der Waals surface area contributed by atoms with E-state index >= 15 is 0 Å². The lowest BCUT2D eigenvalue weighted by molar-refractivity contribution is 0.00939. The van der Waals surface area contributed by atoms with Crippen LogP contribution in [-0.4, -0.2) is 90.0 Å². The summed E-state index contributed by atoms with van der Waals surface area (Å²) < 4.78 is 1.83. The molecule has 1 aromatic heterocycles. The van der Waals surface area contributed by atoms with Crippen LogP contribution in [0.2, 0.25) is 5.02 Å². The normalized spacial score (nSPS) is 22.9. The largest absolute Gasteiger partial charge is 0.385 e. The summed E-state index contributed by atoms with van der Waals surface area (Å²) in [7, 11) is 8.17. The highest BCUT2D eigenvalue weighted by Crippen LogP contribution is 2.28. The second-order valence-electron chi connectivity index (χ2n) is 6.16. The number of aromatic nitrogens is 2. The van der Waals surface area contributed by atoms with Crippen molar-refractivity contribution in [2.45, 2.75) is 18.7 Å². The Morgan fingerprint density at radius 2 is 2.14 bits per heavy atom. The summed E-state index contributed by atoms with van der Waals surface area (Å²) in [4.78, 5) is 6.53. The van der Waals surface area contributed by atoms with Crippen LogP contribution in [0.1, 0.15) is 11.8 Å². The number of piperazine rings is 1. The Morgan fingerprint density at radius 3 is 2.81 bits per heavy atom. The van der Waals surface area contributed by atoms with Crippen molar-refractivity contribution in [1.82, 2.24) is 24.5 Å². The smallest absolute Gasteiger partial charge is 0.114 e. The zero-order chi connectivity index (χ0) is 15.6. The Hall–Kier alpha value is -0.660. The van der Waals surface area contributed by atoms with Crippen LogP contribution in [0.25, 0.3) is 0 Å². The molecule has 0 saturated carbocycles. The van der Waals surface area contributed by atoms with E-state index < -0.39 is 6.10 Å². The molecule has 2 atom stereocenters. The lowest BCUT2D eigenvalue weighted by Gasteiger charge is -2.40. The highest BCUT2D eigenvalue weighted by Gasteiger charge is 2.32. The fraction of sp³-hybridized carbons (Fsp3) is 0.786. The van der Waals surface area contributed by atoms with Crippen LogP contribution in [0.15, 0.2) is 6.20 Å². The lowest BCUT2D eigenvalue weighted by atomic mass is 10.0. The first-order valence-corrected chi connectivity index (χ1v) is 7.70. The van der Waals surface area contributed by atoms with Gasteiger partial charge in [0.1, 0.15) is 6.10 Å². The summed E-state index contributed by atoms with van der Waals surface area (Å²) in [6.07, 6.45) is 0.998. The first kappa shape index (κ1) is 16.7. The highest BCUT2D eigenvalue weighted by molar-refractivity contribution is 6.31. The molecule has 2 unspecified atom stereocenters. The van der Waals surface area contributed by atoms with Crippen LogP contribution in [0.4, 0.5) is 0 Å². The number of aliphatic hydroxyl groups excluding tert-OH is 1. The van der Waals surface area contributed by atoms with E-state index in [1.165, 1.54) is 0 Å². The van der Waals surface area contributed by atoms with E-state index in [-0.39, 0.29) is 6.04 Å². The van der Waals surface area contributed by atoms with Gasteiger partial charge >= 0.3 is 0 Å². The predicted octanol–water partition coefficient (Wildman–Crippen LogP) is 0.377. The molecule has 7 heteroatoms. The number of hydrogen-bond donors (Lipinski definition) is 1. The molecule has 0 radical (unpaired) electrons. The van der Waals surface area contributed by atoms with E-state index in [0.29, 0.717) is 5.02 Å². The van der Waals surface area contributed by atoms with Crippen LogP contribution in [-0.2, 0) is 6.54 Å². The van der Waals surface area contributed by atoms with E-state index in [1.54, 1.807) is 6.20 Å². The van der Waals surface area contributed by atoms with Crippen molar-refractivity contribution in [1.29, 1.82) is 0 Å². The molecule has 1 aromatic rings. The second-order valence-corrected chi connectivity index (χ2v) is 6.57.